The summed E-state index contributed by atoms with van der Waals surface area (Å²) in [6, 6.07) is 11.2. The molecule has 4 heterocycles. The number of pyridine rings is 1. The van der Waals surface area contributed by atoms with Crippen LogP contribution in [0.3, 0.4) is 0 Å². The predicted octanol–water partition coefficient (Wildman–Crippen LogP) is 3.97. The van der Waals surface area contributed by atoms with Crippen LogP contribution >= 0.6 is 0 Å². The van der Waals surface area contributed by atoms with Crippen LogP contribution in [0.1, 0.15) is 34.8 Å². The van der Waals surface area contributed by atoms with Gasteiger partial charge in [-0.1, -0.05) is 23.4 Å². The monoisotopic (exact) mass is 474 g/mol. The van der Waals surface area contributed by atoms with Gasteiger partial charge in [0.15, 0.2) is 0 Å². The fourth-order valence-corrected chi connectivity index (χ4v) is 4.33. The first-order valence-corrected chi connectivity index (χ1v) is 11.5. The lowest BCUT2D eigenvalue weighted by atomic mass is 9.94. The van der Waals surface area contributed by atoms with Crippen LogP contribution in [0.2, 0.25) is 0 Å². The summed E-state index contributed by atoms with van der Waals surface area (Å²) < 4.78 is 12.0. The van der Waals surface area contributed by atoms with Crippen molar-refractivity contribution in [1.82, 2.24) is 24.4 Å². The van der Waals surface area contributed by atoms with Crippen molar-refractivity contribution in [3.63, 3.8) is 0 Å². The molecule has 0 saturated carbocycles. The second kappa shape index (κ2) is 9.57. The molecule has 0 aliphatic carbocycles. The Morgan fingerprint density at radius 3 is 2.83 bits per heavy atom. The van der Waals surface area contributed by atoms with E-state index in [1.54, 1.807) is 21.7 Å². The fourth-order valence-electron chi connectivity index (χ4n) is 4.33. The smallest absolute Gasteiger partial charge is 0.409 e. The van der Waals surface area contributed by atoms with Crippen LogP contribution in [0.5, 0.6) is 0 Å². The number of nitrogens with one attached hydrogen (secondary N) is 1. The number of piperidine rings is 1. The Balaban J connectivity index is 1.27. The Kier molecular flexibility index (Phi) is 6.17. The van der Waals surface area contributed by atoms with E-state index in [1.165, 1.54) is 7.11 Å². The van der Waals surface area contributed by atoms with Gasteiger partial charge in [0, 0.05) is 37.0 Å². The second-order valence-electron chi connectivity index (χ2n) is 8.67. The van der Waals surface area contributed by atoms with Gasteiger partial charge in [0.2, 0.25) is 11.7 Å². The summed E-state index contributed by atoms with van der Waals surface area (Å²) in [5.74, 6) is 1.14. The molecule has 1 N–H and O–H groups in total. The van der Waals surface area contributed by atoms with E-state index in [9.17, 15) is 9.59 Å². The average Bonchev–Trinajstić information content (AvgIpc) is 3.53. The number of amides is 2. The van der Waals surface area contributed by atoms with Crippen LogP contribution in [-0.2, 0) is 11.2 Å². The quantitative estimate of drug-likeness (QED) is 0.465. The van der Waals surface area contributed by atoms with E-state index in [4.69, 9.17) is 9.26 Å². The van der Waals surface area contributed by atoms with Crippen molar-refractivity contribution in [1.29, 1.82) is 0 Å². The van der Waals surface area contributed by atoms with Gasteiger partial charge in [-0.15, -0.1) is 0 Å². The van der Waals surface area contributed by atoms with Gasteiger partial charge in [0.1, 0.15) is 11.3 Å². The molecule has 1 aromatic carbocycles. The van der Waals surface area contributed by atoms with E-state index in [-0.39, 0.29) is 12.0 Å². The Bertz CT molecular complexity index is 1370. The number of nitrogens with zero attached hydrogens (tertiary/aromatic N) is 5. The Labute approximate surface area is 201 Å². The first-order chi connectivity index (χ1) is 17.0. The molecule has 2 amide bonds. The van der Waals surface area contributed by atoms with Crippen LogP contribution in [-0.4, -0.2) is 56.6 Å². The highest BCUT2D eigenvalue weighted by molar-refractivity contribution is 6.04. The lowest BCUT2D eigenvalue weighted by Crippen LogP contribution is -2.38. The maximum absolute atomic E-state index is 12.9. The van der Waals surface area contributed by atoms with E-state index in [0.29, 0.717) is 54.2 Å². The van der Waals surface area contributed by atoms with Gasteiger partial charge in [-0.25, -0.2) is 9.78 Å². The summed E-state index contributed by atoms with van der Waals surface area (Å²) in [5, 5.41) is 7.13. The lowest BCUT2D eigenvalue weighted by Gasteiger charge is -2.30. The zero-order valence-electron chi connectivity index (χ0n) is 19.6. The van der Waals surface area contributed by atoms with Crippen molar-refractivity contribution in [2.45, 2.75) is 26.2 Å². The highest BCUT2D eigenvalue weighted by Crippen LogP contribution is 2.26. The molecule has 0 unspecified atom stereocenters. The van der Waals surface area contributed by atoms with Crippen molar-refractivity contribution in [2.75, 3.05) is 25.5 Å². The highest BCUT2D eigenvalue weighted by Gasteiger charge is 2.25. The SMILES string of the molecule is COC(=O)N1CCC(Cc2nc(-c3ccc(C)c(NC(=O)c4cnc5ccccn45)c3)no2)CC1. The summed E-state index contributed by atoms with van der Waals surface area (Å²) in [6.07, 6.45) is 5.46. The molecule has 0 radical (unpaired) electrons. The number of hydrogen-bond acceptors (Lipinski definition) is 7. The maximum Gasteiger partial charge on any atom is 0.409 e. The number of anilines is 1. The molecule has 5 rings (SSSR count). The first-order valence-electron chi connectivity index (χ1n) is 11.5. The van der Waals surface area contributed by atoms with E-state index in [0.717, 1.165) is 24.0 Å². The summed E-state index contributed by atoms with van der Waals surface area (Å²) in [4.78, 5) is 35.2. The number of fused-ring (bicyclic) bond motifs is 1. The van der Waals surface area contributed by atoms with Crippen molar-refractivity contribution < 1.29 is 18.8 Å². The maximum atomic E-state index is 12.9. The van der Waals surface area contributed by atoms with Crippen LogP contribution in [0.25, 0.3) is 17.0 Å². The fraction of sp³-hybridized carbons (Fsp3) is 0.320. The van der Waals surface area contributed by atoms with E-state index < -0.39 is 0 Å². The minimum absolute atomic E-state index is 0.254. The summed E-state index contributed by atoms with van der Waals surface area (Å²) >= 11 is 0. The topological polar surface area (TPSA) is 115 Å². The molecule has 1 aliphatic rings. The Morgan fingerprint density at radius 2 is 2.03 bits per heavy atom. The number of ether oxygens (including phenoxy) is 1. The van der Waals surface area contributed by atoms with Gasteiger partial charge < -0.3 is 19.5 Å². The third-order valence-electron chi connectivity index (χ3n) is 6.37. The summed E-state index contributed by atoms with van der Waals surface area (Å²) in [5.41, 5.74) is 3.49. The second-order valence-corrected chi connectivity index (χ2v) is 8.67. The summed E-state index contributed by atoms with van der Waals surface area (Å²) in [7, 11) is 1.40. The van der Waals surface area contributed by atoms with Crippen molar-refractivity contribution >= 4 is 23.3 Å². The van der Waals surface area contributed by atoms with E-state index in [1.807, 2.05) is 43.3 Å². The van der Waals surface area contributed by atoms with Crippen LogP contribution < -0.4 is 5.32 Å². The van der Waals surface area contributed by atoms with Gasteiger partial charge in [-0.3, -0.25) is 9.20 Å². The minimum Gasteiger partial charge on any atom is -0.453 e. The number of hydrogen-bond donors (Lipinski definition) is 1. The molecule has 1 aliphatic heterocycles. The number of carbonyl (C=O) groups is 2. The zero-order valence-corrected chi connectivity index (χ0v) is 19.6. The molecule has 3 aromatic heterocycles. The molecule has 1 fully saturated rings. The van der Waals surface area contributed by atoms with Crippen molar-refractivity contribution in [3.05, 3.63) is 65.9 Å². The number of likely N-dealkylation sites (tertiary alicyclic amines) is 1. The third-order valence-corrected chi connectivity index (χ3v) is 6.37. The Morgan fingerprint density at radius 1 is 1.20 bits per heavy atom. The molecule has 4 aromatic rings. The minimum atomic E-state index is -0.285. The van der Waals surface area contributed by atoms with E-state index in [2.05, 4.69) is 20.4 Å². The average molecular weight is 475 g/mol. The number of benzene rings is 1. The van der Waals surface area contributed by atoms with Gasteiger partial charge in [-0.2, -0.15) is 4.98 Å². The lowest BCUT2D eigenvalue weighted by molar-refractivity contribution is 0.101. The molecular formula is C25H26N6O4. The molecule has 0 spiro atoms. The number of imidazole rings is 1. The Hall–Kier alpha value is -4.21. The number of rotatable bonds is 5. The van der Waals surface area contributed by atoms with E-state index >= 15 is 0 Å². The largest absolute Gasteiger partial charge is 0.453 e. The zero-order chi connectivity index (χ0) is 24.4. The number of carbonyl (C=O) groups excluding carboxylic acids is 2. The standard InChI is InChI=1S/C25H26N6O4/c1-16-6-7-18(14-19(16)27-24(32)20-15-26-21-5-3-4-10-31(20)21)23-28-22(35-29-23)13-17-8-11-30(12-9-17)25(33)34-2/h3-7,10,14-15,17H,8-9,11-13H2,1-2H3,(H,27,32). The predicted molar refractivity (Wildman–Crippen MR) is 128 cm³/mol. The highest BCUT2D eigenvalue weighted by atomic mass is 16.5. The third kappa shape index (κ3) is 4.72. The normalized spacial score (nSPS) is 14.3. The van der Waals surface area contributed by atoms with Crippen LogP contribution in [0.4, 0.5) is 10.5 Å². The van der Waals surface area contributed by atoms with Crippen molar-refractivity contribution in [2.24, 2.45) is 5.92 Å². The van der Waals surface area contributed by atoms with Crippen molar-refractivity contribution in [3.8, 4) is 11.4 Å². The molecule has 0 bridgehead atoms. The molecule has 35 heavy (non-hydrogen) atoms. The number of aryl methyl sites for hydroxylation is 1. The number of methoxy groups -OCH3 is 1. The molecule has 1 saturated heterocycles. The van der Waals surface area contributed by atoms with Gasteiger partial charge >= 0.3 is 6.09 Å². The van der Waals surface area contributed by atoms with Crippen LogP contribution in [0, 0.1) is 12.8 Å². The van der Waals surface area contributed by atoms with Gasteiger partial charge in [-0.05, 0) is 49.4 Å². The molecule has 0 atom stereocenters. The summed E-state index contributed by atoms with van der Waals surface area (Å²) in [6.45, 7) is 3.24. The van der Waals surface area contributed by atoms with Gasteiger partial charge in [0.25, 0.3) is 5.91 Å². The van der Waals surface area contributed by atoms with Crippen LogP contribution in [0.15, 0.2) is 53.3 Å². The molecule has 180 valence electrons. The van der Waals surface area contributed by atoms with Gasteiger partial charge in [0.05, 0.1) is 13.3 Å². The number of aromatic nitrogens is 4. The molecule has 10 nitrogen and oxygen atoms in total. The molecular weight excluding hydrogens is 448 g/mol. The molecule has 10 heteroatoms. The first kappa shape index (κ1) is 22.6.